The predicted molar refractivity (Wildman–Crippen MR) is 129 cm³/mol. The van der Waals surface area contributed by atoms with E-state index in [-0.39, 0.29) is 5.91 Å². The number of rotatable bonds is 6. The predicted octanol–water partition coefficient (Wildman–Crippen LogP) is 5.52. The molecular formula is C26H21N5O2. The number of ether oxygens (including phenoxy) is 1. The first-order valence-electron chi connectivity index (χ1n) is 10.5. The molecule has 5 rings (SSSR count). The van der Waals surface area contributed by atoms with Crippen molar-refractivity contribution in [1.82, 2.24) is 20.3 Å². The highest BCUT2D eigenvalue weighted by atomic mass is 16.5. The van der Waals surface area contributed by atoms with E-state index in [1.807, 2.05) is 54.6 Å². The zero-order chi connectivity index (χ0) is 22.6. The molecule has 1 amide bonds. The Kier molecular flexibility index (Phi) is 5.43. The highest BCUT2D eigenvalue weighted by Crippen LogP contribution is 2.31. The van der Waals surface area contributed by atoms with Crippen molar-refractivity contribution in [3.63, 3.8) is 0 Å². The average molecular weight is 435 g/mol. The van der Waals surface area contributed by atoms with Crippen molar-refractivity contribution < 1.29 is 9.53 Å². The number of nitrogens with one attached hydrogen (secondary N) is 3. The summed E-state index contributed by atoms with van der Waals surface area (Å²) in [5.74, 6) is 1.50. The van der Waals surface area contributed by atoms with Gasteiger partial charge in [-0.2, -0.15) is 0 Å². The van der Waals surface area contributed by atoms with Gasteiger partial charge in [-0.1, -0.05) is 48.5 Å². The van der Waals surface area contributed by atoms with Gasteiger partial charge in [-0.15, -0.1) is 0 Å². The van der Waals surface area contributed by atoms with E-state index in [1.165, 1.54) is 0 Å². The van der Waals surface area contributed by atoms with Gasteiger partial charge in [0.25, 0.3) is 5.91 Å². The summed E-state index contributed by atoms with van der Waals surface area (Å²) in [5.41, 5.74) is 5.10. The first-order valence-corrected chi connectivity index (χ1v) is 10.5. The molecule has 0 aliphatic heterocycles. The second-order valence-corrected chi connectivity index (χ2v) is 7.36. The van der Waals surface area contributed by atoms with Crippen molar-refractivity contribution in [3.8, 4) is 22.6 Å². The lowest BCUT2D eigenvalue weighted by Gasteiger charge is -2.10. The minimum atomic E-state index is -0.269. The number of hydrogen-bond acceptors (Lipinski definition) is 5. The number of carbonyl (C=O) groups excluding carboxylic acids is 1. The minimum absolute atomic E-state index is 0.269. The molecule has 0 radical (unpaired) electrons. The van der Waals surface area contributed by atoms with Crippen LogP contribution in [0, 0.1) is 0 Å². The van der Waals surface area contributed by atoms with Crippen LogP contribution in [0.2, 0.25) is 0 Å². The molecule has 162 valence electrons. The highest BCUT2D eigenvalue weighted by Gasteiger charge is 2.10. The van der Waals surface area contributed by atoms with E-state index in [9.17, 15) is 4.79 Å². The van der Waals surface area contributed by atoms with Crippen LogP contribution in [-0.2, 0) is 0 Å². The number of aromatic amines is 1. The van der Waals surface area contributed by atoms with Crippen molar-refractivity contribution in [3.05, 3.63) is 96.8 Å². The summed E-state index contributed by atoms with van der Waals surface area (Å²) in [4.78, 5) is 23.9. The summed E-state index contributed by atoms with van der Waals surface area (Å²) in [6.45, 7) is 0. The van der Waals surface area contributed by atoms with E-state index >= 15 is 0 Å². The number of fused-ring (bicyclic) bond motifs is 1. The SMILES string of the molecule is CNC(=O)c1cc(Oc2ccc3[nH]c(Nc4ccccc4-c4ccccc4)nc3c2)ccn1. The van der Waals surface area contributed by atoms with Crippen molar-refractivity contribution in [2.24, 2.45) is 0 Å². The molecular weight excluding hydrogens is 414 g/mol. The molecule has 7 heteroatoms. The zero-order valence-corrected chi connectivity index (χ0v) is 17.9. The Balaban J connectivity index is 1.40. The maximum Gasteiger partial charge on any atom is 0.269 e. The largest absolute Gasteiger partial charge is 0.457 e. The van der Waals surface area contributed by atoms with Crippen LogP contribution in [0.25, 0.3) is 22.2 Å². The molecule has 2 aromatic heterocycles. The van der Waals surface area contributed by atoms with Crippen LogP contribution in [0.4, 0.5) is 11.6 Å². The molecule has 0 saturated heterocycles. The Labute approximate surface area is 190 Å². The van der Waals surface area contributed by atoms with Crippen LogP contribution in [-0.4, -0.2) is 27.9 Å². The summed E-state index contributed by atoms with van der Waals surface area (Å²) in [6.07, 6.45) is 1.54. The maximum absolute atomic E-state index is 11.8. The molecule has 5 aromatic rings. The summed E-state index contributed by atoms with van der Waals surface area (Å²) in [6, 6.07) is 27.2. The van der Waals surface area contributed by atoms with Crippen LogP contribution >= 0.6 is 0 Å². The molecule has 0 unspecified atom stereocenters. The minimum Gasteiger partial charge on any atom is -0.457 e. The van der Waals surface area contributed by atoms with E-state index in [1.54, 1.807) is 25.4 Å². The van der Waals surface area contributed by atoms with Gasteiger partial charge in [-0.3, -0.25) is 9.78 Å². The van der Waals surface area contributed by atoms with Gasteiger partial charge >= 0.3 is 0 Å². The number of imidazole rings is 1. The molecule has 0 bridgehead atoms. The van der Waals surface area contributed by atoms with E-state index in [4.69, 9.17) is 4.74 Å². The molecule has 7 nitrogen and oxygen atoms in total. The van der Waals surface area contributed by atoms with Crippen molar-refractivity contribution >= 4 is 28.6 Å². The molecule has 33 heavy (non-hydrogen) atoms. The van der Waals surface area contributed by atoms with Crippen LogP contribution in [0.5, 0.6) is 11.5 Å². The van der Waals surface area contributed by atoms with E-state index in [0.717, 1.165) is 27.8 Å². The second kappa shape index (κ2) is 8.84. The fourth-order valence-corrected chi connectivity index (χ4v) is 3.56. The lowest BCUT2D eigenvalue weighted by atomic mass is 10.0. The number of nitrogens with zero attached hydrogens (tertiary/aromatic N) is 2. The normalized spacial score (nSPS) is 10.7. The number of carbonyl (C=O) groups is 1. The first-order chi connectivity index (χ1) is 16.2. The monoisotopic (exact) mass is 435 g/mol. The smallest absolute Gasteiger partial charge is 0.269 e. The molecule has 0 aliphatic rings. The standard InChI is InChI=1S/C26H21N5O2/c1-27-25(32)24-16-19(13-14-28-24)33-18-11-12-22-23(15-18)31-26(30-22)29-21-10-6-5-9-20(21)17-7-3-2-4-8-17/h2-16H,1H3,(H,27,32)(H2,29,30,31). The van der Waals surface area contributed by atoms with Gasteiger partial charge in [0.05, 0.1) is 11.0 Å². The van der Waals surface area contributed by atoms with Crippen LogP contribution in [0.1, 0.15) is 10.5 Å². The number of amides is 1. The van der Waals surface area contributed by atoms with Crippen molar-refractivity contribution in [1.29, 1.82) is 0 Å². The fourth-order valence-electron chi connectivity index (χ4n) is 3.56. The lowest BCUT2D eigenvalue weighted by Crippen LogP contribution is -2.18. The maximum atomic E-state index is 11.8. The molecule has 2 heterocycles. The molecule has 0 fully saturated rings. The van der Waals surface area contributed by atoms with Crippen LogP contribution in [0.15, 0.2) is 91.1 Å². The van der Waals surface area contributed by atoms with Crippen LogP contribution < -0.4 is 15.4 Å². The second-order valence-electron chi connectivity index (χ2n) is 7.36. The van der Waals surface area contributed by atoms with E-state index in [0.29, 0.717) is 23.1 Å². The Morgan fingerprint density at radius 3 is 2.55 bits per heavy atom. The van der Waals surface area contributed by atoms with Crippen LogP contribution in [0.3, 0.4) is 0 Å². The number of pyridine rings is 1. The average Bonchev–Trinajstić information content (AvgIpc) is 3.26. The summed E-state index contributed by atoms with van der Waals surface area (Å²) in [7, 11) is 1.56. The summed E-state index contributed by atoms with van der Waals surface area (Å²) >= 11 is 0. The Hall–Kier alpha value is -4.65. The van der Waals surface area contributed by atoms with Crippen molar-refractivity contribution in [2.45, 2.75) is 0 Å². The number of aromatic nitrogens is 3. The summed E-state index contributed by atoms with van der Waals surface area (Å²) in [5, 5.41) is 5.95. The third-order valence-electron chi connectivity index (χ3n) is 5.15. The molecule has 0 saturated carbocycles. The fraction of sp³-hybridized carbons (Fsp3) is 0.0385. The number of para-hydroxylation sites is 1. The number of H-pyrrole nitrogens is 1. The Morgan fingerprint density at radius 2 is 1.70 bits per heavy atom. The van der Waals surface area contributed by atoms with Gasteiger partial charge in [-0.05, 0) is 29.8 Å². The van der Waals surface area contributed by atoms with Gasteiger partial charge in [0.2, 0.25) is 5.95 Å². The van der Waals surface area contributed by atoms with Gasteiger partial charge in [0.15, 0.2) is 0 Å². The third-order valence-corrected chi connectivity index (χ3v) is 5.15. The number of benzene rings is 3. The third kappa shape index (κ3) is 4.38. The van der Waals surface area contributed by atoms with Gasteiger partial charge in [-0.25, -0.2) is 4.98 Å². The van der Waals surface area contributed by atoms with Gasteiger partial charge in [0.1, 0.15) is 17.2 Å². The molecule has 3 N–H and O–H groups in total. The number of anilines is 2. The quantitative estimate of drug-likeness (QED) is 0.327. The highest BCUT2D eigenvalue weighted by molar-refractivity contribution is 5.92. The Bertz CT molecular complexity index is 1430. The Morgan fingerprint density at radius 1 is 0.909 bits per heavy atom. The van der Waals surface area contributed by atoms with E-state index in [2.05, 4.69) is 43.8 Å². The molecule has 0 aliphatic carbocycles. The van der Waals surface area contributed by atoms with Gasteiger partial charge in [0, 0.05) is 36.6 Å². The molecule has 3 aromatic carbocycles. The zero-order valence-electron chi connectivity index (χ0n) is 17.9. The first kappa shape index (κ1) is 20.3. The number of hydrogen-bond donors (Lipinski definition) is 3. The van der Waals surface area contributed by atoms with Gasteiger partial charge < -0.3 is 20.4 Å². The molecule has 0 atom stereocenters. The topological polar surface area (TPSA) is 91.9 Å². The lowest BCUT2D eigenvalue weighted by molar-refractivity contribution is 0.0958. The van der Waals surface area contributed by atoms with E-state index < -0.39 is 0 Å². The van der Waals surface area contributed by atoms with Crippen molar-refractivity contribution in [2.75, 3.05) is 12.4 Å². The molecule has 0 spiro atoms. The summed E-state index contributed by atoms with van der Waals surface area (Å²) < 4.78 is 5.93.